The van der Waals surface area contributed by atoms with Crippen molar-refractivity contribution in [3.8, 4) is 5.75 Å². The summed E-state index contributed by atoms with van der Waals surface area (Å²) in [7, 11) is 0. The smallest absolute Gasteiger partial charge is 0.327 e. The molecule has 9 nitrogen and oxygen atoms in total. The van der Waals surface area contributed by atoms with E-state index in [0.29, 0.717) is 23.8 Å². The van der Waals surface area contributed by atoms with Crippen LogP contribution < -0.4 is 20.3 Å². The van der Waals surface area contributed by atoms with Gasteiger partial charge in [0.25, 0.3) is 5.91 Å². The van der Waals surface area contributed by atoms with Crippen molar-refractivity contribution in [1.82, 2.24) is 10.3 Å². The molecule has 2 N–H and O–H groups in total. The third-order valence-corrected chi connectivity index (χ3v) is 4.01. The maximum atomic E-state index is 12.6. The van der Waals surface area contributed by atoms with Gasteiger partial charge in [-0.3, -0.25) is 14.5 Å². The number of nitrogens with zero attached hydrogens (tertiary/aromatic N) is 2. The highest BCUT2D eigenvalue weighted by Gasteiger charge is 2.26. The summed E-state index contributed by atoms with van der Waals surface area (Å²) in [6.07, 6.45) is 1.33. The number of pyridine rings is 1. The number of aromatic nitrogens is 1. The van der Waals surface area contributed by atoms with Gasteiger partial charge in [0.1, 0.15) is 18.8 Å². The zero-order valence-electron chi connectivity index (χ0n) is 17.1. The number of carbonyl (C=O) groups excluding carboxylic acids is 3. The van der Waals surface area contributed by atoms with Crippen molar-refractivity contribution in [2.45, 2.75) is 26.4 Å². The van der Waals surface area contributed by atoms with Crippen molar-refractivity contribution >= 4 is 29.4 Å². The largest absolute Gasteiger partial charge is 0.488 e. The summed E-state index contributed by atoms with van der Waals surface area (Å²) in [5.74, 6) is -0.403. The Kier molecular flexibility index (Phi) is 6.20. The standard InChI is InChI=1S/C21H24N4O5/c1-21(2,3)30-17(26)13-23-19(27)14-11-16-18(22-12-14)25(9-10-29-16)20(28)24-15-7-5-4-6-8-15/h4-8,11-12H,9-10,13H2,1-3H3,(H,23,27)(H,24,28). The number of rotatable bonds is 4. The number of urea groups is 1. The van der Waals surface area contributed by atoms with Crippen LogP contribution in [0, 0.1) is 0 Å². The molecule has 9 heteroatoms. The fourth-order valence-electron chi connectivity index (χ4n) is 2.77. The summed E-state index contributed by atoms with van der Waals surface area (Å²) in [6.45, 7) is 5.56. The Morgan fingerprint density at radius 3 is 2.63 bits per heavy atom. The van der Waals surface area contributed by atoms with E-state index in [1.165, 1.54) is 17.2 Å². The van der Waals surface area contributed by atoms with Gasteiger partial charge in [-0.15, -0.1) is 0 Å². The molecule has 0 saturated carbocycles. The molecule has 2 heterocycles. The van der Waals surface area contributed by atoms with Gasteiger partial charge in [-0.1, -0.05) is 18.2 Å². The van der Waals surface area contributed by atoms with Crippen LogP contribution in [0.25, 0.3) is 0 Å². The number of hydrogen-bond acceptors (Lipinski definition) is 6. The highest BCUT2D eigenvalue weighted by Crippen LogP contribution is 2.30. The minimum absolute atomic E-state index is 0.211. The topological polar surface area (TPSA) is 110 Å². The van der Waals surface area contributed by atoms with Crippen molar-refractivity contribution < 1.29 is 23.9 Å². The zero-order valence-corrected chi connectivity index (χ0v) is 17.1. The fourth-order valence-corrected chi connectivity index (χ4v) is 2.77. The lowest BCUT2D eigenvalue weighted by atomic mass is 10.2. The Bertz CT molecular complexity index is 940. The molecule has 1 aliphatic heterocycles. The first-order valence-electron chi connectivity index (χ1n) is 9.49. The molecule has 0 unspecified atom stereocenters. The van der Waals surface area contributed by atoms with Gasteiger partial charge < -0.3 is 20.1 Å². The average Bonchev–Trinajstić information content (AvgIpc) is 2.70. The summed E-state index contributed by atoms with van der Waals surface area (Å²) < 4.78 is 10.7. The molecule has 2 aromatic rings. The first-order chi connectivity index (χ1) is 14.2. The molecule has 1 aliphatic rings. The molecule has 0 spiro atoms. The molecule has 0 aliphatic carbocycles. The Morgan fingerprint density at radius 1 is 1.20 bits per heavy atom. The van der Waals surface area contributed by atoms with E-state index < -0.39 is 17.5 Å². The Balaban J connectivity index is 1.66. The lowest BCUT2D eigenvalue weighted by Gasteiger charge is -2.28. The predicted molar refractivity (Wildman–Crippen MR) is 111 cm³/mol. The first kappa shape index (κ1) is 21.1. The normalized spacial score (nSPS) is 13.0. The van der Waals surface area contributed by atoms with Gasteiger partial charge in [0.15, 0.2) is 11.6 Å². The molecular weight excluding hydrogens is 388 g/mol. The van der Waals surface area contributed by atoms with Gasteiger partial charge in [0.05, 0.1) is 12.1 Å². The van der Waals surface area contributed by atoms with Crippen molar-refractivity contribution in [2.24, 2.45) is 0 Å². The van der Waals surface area contributed by atoms with Crippen LogP contribution in [0.2, 0.25) is 0 Å². The number of hydrogen-bond donors (Lipinski definition) is 2. The molecule has 158 valence electrons. The number of amides is 3. The van der Waals surface area contributed by atoms with E-state index in [0.717, 1.165) is 0 Å². The van der Waals surface area contributed by atoms with Crippen LogP contribution in [0.15, 0.2) is 42.6 Å². The molecule has 0 bridgehead atoms. The molecule has 1 aromatic carbocycles. The molecule has 3 rings (SSSR count). The zero-order chi connectivity index (χ0) is 21.7. The van der Waals surface area contributed by atoms with Gasteiger partial charge >= 0.3 is 12.0 Å². The number of nitrogens with one attached hydrogen (secondary N) is 2. The van der Waals surface area contributed by atoms with E-state index in [1.54, 1.807) is 32.9 Å². The highest BCUT2D eigenvalue weighted by molar-refractivity contribution is 6.03. The highest BCUT2D eigenvalue weighted by atomic mass is 16.6. The van der Waals surface area contributed by atoms with Crippen molar-refractivity contribution in [3.63, 3.8) is 0 Å². The molecule has 3 amide bonds. The predicted octanol–water partition coefficient (Wildman–Crippen LogP) is 2.58. The lowest BCUT2D eigenvalue weighted by molar-refractivity contribution is -0.153. The second-order valence-corrected chi connectivity index (χ2v) is 7.61. The summed E-state index contributed by atoms with van der Waals surface area (Å²) in [4.78, 5) is 42.4. The molecule has 1 aromatic heterocycles. The van der Waals surface area contributed by atoms with Crippen LogP contribution in [-0.4, -0.2) is 48.2 Å². The van der Waals surface area contributed by atoms with E-state index in [2.05, 4.69) is 15.6 Å². The van der Waals surface area contributed by atoms with Crippen molar-refractivity contribution in [3.05, 3.63) is 48.2 Å². The average molecular weight is 412 g/mol. The van der Waals surface area contributed by atoms with Crippen molar-refractivity contribution in [2.75, 3.05) is 29.9 Å². The summed E-state index contributed by atoms with van der Waals surface area (Å²) in [5.41, 5.74) is 0.239. The summed E-state index contributed by atoms with van der Waals surface area (Å²) in [5, 5.41) is 5.29. The maximum absolute atomic E-state index is 12.6. The number of para-hydroxylation sites is 1. The number of anilines is 2. The van der Waals surface area contributed by atoms with E-state index in [1.807, 2.05) is 18.2 Å². The van der Waals surface area contributed by atoms with Gasteiger partial charge in [0, 0.05) is 11.9 Å². The maximum Gasteiger partial charge on any atom is 0.327 e. The number of ether oxygens (including phenoxy) is 2. The van der Waals surface area contributed by atoms with E-state index in [9.17, 15) is 14.4 Å². The van der Waals surface area contributed by atoms with Crippen LogP contribution in [0.1, 0.15) is 31.1 Å². The molecule has 0 radical (unpaired) electrons. The van der Waals surface area contributed by atoms with E-state index >= 15 is 0 Å². The van der Waals surface area contributed by atoms with Crippen LogP contribution in [0.3, 0.4) is 0 Å². The van der Waals surface area contributed by atoms with Crippen LogP contribution in [0.5, 0.6) is 5.75 Å². The van der Waals surface area contributed by atoms with E-state index in [-0.39, 0.29) is 24.7 Å². The fraction of sp³-hybridized carbons (Fsp3) is 0.333. The number of esters is 1. The van der Waals surface area contributed by atoms with Gasteiger partial charge in [-0.2, -0.15) is 0 Å². The van der Waals surface area contributed by atoms with Crippen LogP contribution in [-0.2, 0) is 9.53 Å². The third-order valence-electron chi connectivity index (χ3n) is 4.01. The van der Waals surface area contributed by atoms with Crippen molar-refractivity contribution in [1.29, 1.82) is 0 Å². The molecule has 30 heavy (non-hydrogen) atoms. The van der Waals surface area contributed by atoms with E-state index in [4.69, 9.17) is 9.47 Å². The minimum atomic E-state index is -0.632. The van der Waals surface area contributed by atoms with Gasteiger partial charge in [-0.05, 0) is 39.0 Å². The summed E-state index contributed by atoms with van der Waals surface area (Å²) in [6, 6.07) is 10.2. The molecule has 0 atom stereocenters. The van der Waals surface area contributed by atoms with Crippen LogP contribution in [0.4, 0.5) is 16.3 Å². The first-order valence-corrected chi connectivity index (χ1v) is 9.49. The van der Waals surface area contributed by atoms with Crippen LogP contribution >= 0.6 is 0 Å². The second-order valence-electron chi connectivity index (χ2n) is 7.61. The van der Waals surface area contributed by atoms with Gasteiger partial charge in [-0.25, -0.2) is 9.78 Å². The Labute approximate surface area is 174 Å². The molecular formula is C21H24N4O5. The number of benzene rings is 1. The minimum Gasteiger partial charge on any atom is -0.488 e. The number of fused-ring (bicyclic) bond motifs is 1. The Hall–Kier alpha value is -3.62. The molecule has 0 fully saturated rings. The lowest BCUT2D eigenvalue weighted by Crippen LogP contribution is -2.41. The Morgan fingerprint density at radius 2 is 1.93 bits per heavy atom. The monoisotopic (exact) mass is 412 g/mol. The third kappa shape index (κ3) is 5.47. The quantitative estimate of drug-likeness (QED) is 0.747. The van der Waals surface area contributed by atoms with Gasteiger partial charge in [0.2, 0.25) is 0 Å². The molecule has 0 saturated heterocycles. The second kappa shape index (κ2) is 8.81. The number of carbonyl (C=O) groups is 3. The SMILES string of the molecule is CC(C)(C)OC(=O)CNC(=O)c1cnc2c(c1)OCCN2C(=O)Nc1ccccc1. The summed E-state index contributed by atoms with van der Waals surface area (Å²) >= 11 is 0.